The Morgan fingerprint density at radius 2 is 2.00 bits per heavy atom. The van der Waals surface area contributed by atoms with E-state index in [1.807, 2.05) is 0 Å². The SMILES string of the molecule is O=C1N[C@H]2[C@@H]1[C@H]1C=CC=C[C@H]2C1. The minimum absolute atomic E-state index is 0.257. The molecule has 62 valence electrons. The summed E-state index contributed by atoms with van der Waals surface area (Å²) in [6.45, 7) is 0. The fourth-order valence-electron chi connectivity index (χ4n) is 2.67. The summed E-state index contributed by atoms with van der Waals surface area (Å²) in [6, 6.07) is 0.448. The second kappa shape index (κ2) is 2.00. The number of rotatable bonds is 0. The number of hydrogen-bond acceptors (Lipinski definition) is 1. The van der Waals surface area contributed by atoms with E-state index in [0.29, 0.717) is 17.9 Å². The van der Waals surface area contributed by atoms with E-state index >= 15 is 0 Å². The number of amides is 1. The number of fused-ring (bicyclic) bond motifs is 5. The lowest BCUT2D eigenvalue weighted by Crippen LogP contribution is -2.58. The molecule has 1 amide bonds. The van der Waals surface area contributed by atoms with Crippen molar-refractivity contribution < 1.29 is 4.79 Å². The second-order valence-corrected chi connectivity index (χ2v) is 3.89. The van der Waals surface area contributed by atoms with Gasteiger partial charge in [-0.1, -0.05) is 24.3 Å². The predicted molar refractivity (Wildman–Crippen MR) is 45.3 cm³/mol. The van der Waals surface area contributed by atoms with Crippen LogP contribution in [0.3, 0.4) is 0 Å². The van der Waals surface area contributed by atoms with Crippen LogP contribution in [0.15, 0.2) is 24.3 Å². The Bertz CT molecular complexity index is 292. The fraction of sp³-hybridized carbons (Fsp3) is 0.500. The zero-order valence-electron chi connectivity index (χ0n) is 6.73. The molecule has 2 bridgehead atoms. The summed E-state index contributed by atoms with van der Waals surface area (Å²) in [5.41, 5.74) is 0. The third-order valence-corrected chi connectivity index (χ3v) is 3.29. The van der Waals surface area contributed by atoms with E-state index in [-0.39, 0.29) is 11.8 Å². The Labute approximate surface area is 71.3 Å². The predicted octanol–water partition coefficient (Wildman–Crippen LogP) is 0.863. The van der Waals surface area contributed by atoms with Crippen LogP contribution in [-0.2, 0) is 4.79 Å². The van der Waals surface area contributed by atoms with Crippen LogP contribution in [0.1, 0.15) is 6.42 Å². The Morgan fingerprint density at radius 3 is 2.75 bits per heavy atom. The van der Waals surface area contributed by atoms with Gasteiger partial charge in [0.15, 0.2) is 0 Å². The first-order valence-corrected chi connectivity index (χ1v) is 4.51. The summed E-state index contributed by atoms with van der Waals surface area (Å²) in [5.74, 6) is 1.64. The van der Waals surface area contributed by atoms with Crippen molar-refractivity contribution in [3.63, 3.8) is 0 Å². The van der Waals surface area contributed by atoms with Gasteiger partial charge in [-0.05, 0) is 18.3 Å². The van der Waals surface area contributed by atoms with Crippen LogP contribution >= 0.6 is 0 Å². The molecule has 1 saturated heterocycles. The molecule has 2 fully saturated rings. The van der Waals surface area contributed by atoms with Gasteiger partial charge in [0, 0.05) is 6.04 Å². The molecule has 1 heterocycles. The normalized spacial score (nSPS) is 47.8. The zero-order valence-corrected chi connectivity index (χ0v) is 6.73. The number of allylic oxidation sites excluding steroid dienone is 3. The second-order valence-electron chi connectivity index (χ2n) is 3.89. The Morgan fingerprint density at radius 1 is 1.25 bits per heavy atom. The number of carbonyl (C=O) groups is 1. The highest BCUT2D eigenvalue weighted by atomic mass is 16.2. The van der Waals surface area contributed by atoms with Crippen molar-refractivity contribution in [1.29, 1.82) is 0 Å². The van der Waals surface area contributed by atoms with E-state index in [1.165, 1.54) is 0 Å². The molecule has 1 N–H and O–H groups in total. The van der Waals surface area contributed by atoms with E-state index < -0.39 is 0 Å². The first-order valence-electron chi connectivity index (χ1n) is 4.51. The quantitative estimate of drug-likeness (QED) is 0.525. The van der Waals surface area contributed by atoms with Gasteiger partial charge in [0.2, 0.25) is 5.91 Å². The summed E-state index contributed by atoms with van der Waals surface area (Å²) >= 11 is 0. The molecule has 2 heteroatoms. The third kappa shape index (κ3) is 0.631. The Hall–Kier alpha value is -1.05. The average molecular weight is 161 g/mol. The van der Waals surface area contributed by atoms with Gasteiger partial charge in [-0.25, -0.2) is 0 Å². The van der Waals surface area contributed by atoms with Gasteiger partial charge in [-0.2, -0.15) is 0 Å². The molecule has 12 heavy (non-hydrogen) atoms. The molecule has 1 saturated carbocycles. The van der Waals surface area contributed by atoms with Gasteiger partial charge in [0.05, 0.1) is 5.92 Å². The van der Waals surface area contributed by atoms with E-state index in [1.54, 1.807) is 0 Å². The van der Waals surface area contributed by atoms with Crippen molar-refractivity contribution in [2.24, 2.45) is 17.8 Å². The molecule has 0 aromatic carbocycles. The van der Waals surface area contributed by atoms with E-state index in [0.717, 1.165) is 6.42 Å². The smallest absolute Gasteiger partial charge is 0.226 e. The highest BCUT2D eigenvalue weighted by Gasteiger charge is 2.52. The van der Waals surface area contributed by atoms with Crippen molar-refractivity contribution >= 4 is 5.91 Å². The maximum absolute atomic E-state index is 11.2. The fourth-order valence-corrected chi connectivity index (χ4v) is 2.67. The maximum atomic E-state index is 11.2. The first-order chi connectivity index (χ1) is 5.86. The van der Waals surface area contributed by atoms with Gasteiger partial charge in [-0.15, -0.1) is 0 Å². The van der Waals surface area contributed by atoms with Crippen LogP contribution in [0.4, 0.5) is 0 Å². The van der Waals surface area contributed by atoms with Crippen molar-refractivity contribution in [2.45, 2.75) is 12.5 Å². The van der Waals surface area contributed by atoms with Crippen LogP contribution in [-0.4, -0.2) is 11.9 Å². The van der Waals surface area contributed by atoms with E-state index in [2.05, 4.69) is 29.6 Å². The molecular formula is C10H11NO. The van der Waals surface area contributed by atoms with Crippen LogP contribution in [0, 0.1) is 17.8 Å². The number of β-lactam (4-membered cyclic amide) rings is 1. The lowest BCUT2D eigenvalue weighted by Gasteiger charge is -2.35. The first kappa shape index (κ1) is 6.46. The molecule has 0 aromatic rings. The minimum atomic E-state index is 0.257. The molecule has 0 unspecified atom stereocenters. The lowest BCUT2D eigenvalue weighted by atomic mass is 9.84. The number of nitrogens with one attached hydrogen (secondary N) is 1. The largest absolute Gasteiger partial charge is 0.352 e. The summed E-state index contributed by atoms with van der Waals surface area (Å²) in [5, 5.41) is 2.98. The molecular weight excluding hydrogens is 150 g/mol. The molecule has 2 aliphatic carbocycles. The van der Waals surface area contributed by atoms with Crippen LogP contribution in [0.25, 0.3) is 0 Å². The third-order valence-electron chi connectivity index (χ3n) is 3.29. The molecule has 0 spiro atoms. The minimum Gasteiger partial charge on any atom is -0.352 e. The molecule has 0 aromatic heterocycles. The van der Waals surface area contributed by atoms with Crippen molar-refractivity contribution in [3.05, 3.63) is 24.3 Å². The van der Waals surface area contributed by atoms with Gasteiger partial charge in [0.1, 0.15) is 0 Å². The molecule has 3 rings (SSSR count). The molecule has 3 aliphatic rings. The standard InChI is InChI=1S/C10H11NO/c12-10-8-6-3-1-2-4-7(5-6)9(8)11-10/h1-4,6-9H,5H2,(H,11,12)/t6-,7-,8-,9+/m0/s1. The monoisotopic (exact) mass is 161 g/mol. The summed E-state index contributed by atoms with van der Waals surface area (Å²) < 4.78 is 0. The van der Waals surface area contributed by atoms with Gasteiger partial charge >= 0.3 is 0 Å². The Kier molecular flexibility index (Phi) is 1.08. The maximum Gasteiger partial charge on any atom is 0.226 e. The van der Waals surface area contributed by atoms with Crippen molar-refractivity contribution in [1.82, 2.24) is 5.32 Å². The molecule has 2 nitrogen and oxygen atoms in total. The molecule has 0 radical (unpaired) electrons. The van der Waals surface area contributed by atoms with E-state index in [4.69, 9.17) is 0 Å². The lowest BCUT2D eigenvalue weighted by molar-refractivity contribution is -0.135. The zero-order chi connectivity index (χ0) is 8.13. The summed E-state index contributed by atoms with van der Waals surface area (Å²) in [4.78, 5) is 11.2. The average Bonchev–Trinajstić information content (AvgIpc) is 2.21. The number of carbonyl (C=O) groups excluding carboxylic acids is 1. The molecule has 4 atom stereocenters. The van der Waals surface area contributed by atoms with E-state index in [9.17, 15) is 4.79 Å². The number of hydrogen-bond donors (Lipinski definition) is 1. The van der Waals surface area contributed by atoms with Crippen LogP contribution in [0.5, 0.6) is 0 Å². The topological polar surface area (TPSA) is 29.1 Å². The van der Waals surface area contributed by atoms with Crippen molar-refractivity contribution in [2.75, 3.05) is 0 Å². The van der Waals surface area contributed by atoms with Crippen molar-refractivity contribution in [3.8, 4) is 0 Å². The highest BCUT2D eigenvalue weighted by molar-refractivity contribution is 5.87. The van der Waals surface area contributed by atoms with Crippen LogP contribution in [0.2, 0.25) is 0 Å². The van der Waals surface area contributed by atoms with Gasteiger partial charge in [0.25, 0.3) is 0 Å². The highest BCUT2D eigenvalue weighted by Crippen LogP contribution is 2.44. The Balaban J connectivity index is 1.98. The summed E-state index contributed by atoms with van der Waals surface area (Å²) in [6.07, 6.45) is 9.74. The van der Waals surface area contributed by atoms with Gasteiger partial charge < -0.3 is 5.32 Å². The molecule has 1 aliphatic heterocycles. The van der Waals surface area contributed by atoms with Gasteiger partial charge in [-0.3, -0.25) is 4.79 Å². The summed E-state index contributed by atoms with van der Waals surface area (Å²) in [7, 11) is 0. The van der Waals surface area contributed by atoms with Crippen LogP contribution < -0.4 is 5.32 Å².